The van der Waals surface area contributed by atoms with Gasteiger partial charge in [0.15, 0.2) is 0 Å². The molecule has 0 saturated carbocycles. The summed E-state index contributed by atoms with van der Waals surface area (Å²) in [5.41, 5.74) is 7.85. The minimum Gasteiger partial charge on any atom is -0.489 e. The van der Waals surface area contributed by atoms with Gasteiger partial charge in [-0.25, -0.2) is 8.78 Å². The first-order chi connectivity index (χ1) is 19.4. The molecule has 212 valence electrons. The summed E-state index contributed by atoms with van der Waals surface area (Å²) in [6.07, 6.45) is 3.20. The number of fused-ring (bicyclic) bond motifs is 1. The molecule has 0 spiro atoms. The topological polar surface area (TPSA) is 24.5 Å². The van der Waals surface area contributed by atoms with Gasteiger partial charge >= 0.3 is 0 Å². The van der Waals surface area contributed by atoms with Crippen LogP contribution in [-0.4, -0.2) is 50.0 Å². The van der Waals surface area contributed by atoms with Crippen molar-refractivity contribution in [2.45, 2.75) is 58.2 Å². The van der Waals surface area contributed by atoms with Gasteiger partial charge in [-0.1, -0.05) is 35.9 Å². The van der Waals surface area contributed by atoms with Gasteiger partial charge in [0.25, 0.3) is 0 Å². The third-order valence-electron chi connectivity index (χ3n) is 7.87. The molecule has 0 aromatic heterocycles. The minimum atomic E-state index is -1.01. The second kappa shape index (κ2) is 12.9. The van der Waals surface area contributed by atoms with E-state index in [9.17, 15) is 8.78 Å². The standard InChI is InChI=1S/C34H39F3N2O/c1-23-7-13-30-26(19-23)5-3-6-32(31-14-10-27(20-33(31)37)38-21-24(2)36)34(30)25-8-11-28(12-9-25)40-29-15-18-39(22-29)17-4-16-35/h7-14,19-20,24,29,38H,3-6,15-18,21-22H2,1-2H3. The van der Waals surface area contributed by atoms with Gasteiger partial charge in [-0.15, -0.1) is 0 Å². The van der Waals surface area contributed by atoms with E-state index >= 15 is 4.39 Å². The predicted octanol–water partition coefficient (Wildman–Crippen LogP) is 8.01. The van der Waals surface area contributed by atoms with Gasteiger partial charge in [0.2, 0.25) is 0 Å². The molecule has 0 bridgehead atoms. The van der Waals surface area contributed by atoms with E-state index in [4.69, 9.17) is 4.74 Å². The molecule has 1 fully saturated rings. The summed E-state index contributed by atoms with van der Waals surface area (Å²) in [5, 5.41) is 2.98. The lowest BCUT2D eigenvalue weighted by Gasteiger charge is -2.19. The fourth-order valence-electron chi connectivity index (χ4n) is 5.92. The summed E-state index contributed by atoms with van der Waals surface area (Å²) in [6.45, 7) is 5.96. The molecule has 6 heteroatoms. The van der Waals surface area contributed by atoms with Gasteiger partial charge in [0, 0.05) is 37.4 Å². The van der Waals surface area contributed by atoms with Crippen molar-refractivity contribution in [3.63, 3.8) is 0 Å². The van der Waals surface area contributed by atoms with E-state index < -0.39 is 6.17 Å². The van der Waals surface area contributed by atoms with E-state index in [-0.39, 0.29) is 25.1 Å². The lowest BCUT2D eigenvalue weighted by Crippen LogP contribution is -2.26. The fraction of sp³-hybridized carbons (Fsp3) is 0.412. The van der Waals surface area contributed by atoms with Crippen LogP contribution in [0.2, 0.25) is 0 Å². The molecule has 1 saturated heterocycles. The Morgan fingerprint density at radius 1 is 1.02 bits per heavy atom. The molecule has 0 radical (unpaired) electrons. The number of ether oxygens (including phenoxy) is 1. The smallest absolute Gasteiger partial charge is 0.132 e. The van der Waals surface area contributed by atoms with Gasteiger partial charge in [-0.2, -0.15) is 0 Å². The molecule has 1 aliphatic heterocycles. The fourth-order valence-corrected chi connectivity index (χ4v) is 5.92. The summed E-state index contributed by atoms with van der Waals surface area (Å²) < 4.78 is 47.8. The minimum absolute atomic E-state index is 0.100. The number of nitrogens with zero attached hydrogens (tertiary/aromatic N) is 1. The molecule has 3 aromatic rings. The molecule has 1 N–H and O–H groups in total. The molecule has 3 nitrogen and oxygen atoms in total. The molecule has 5 rings (SSSR count). The van der Waals surface area contributed by atoms with Crippen molar-refractivity contribution in [1.82, 2.24) is 4.90 Å². The van der Waals surface area contributed by atoms with Crippen LogP contribution >= 0.6 is 0 Å². The normalized spacial score (nSPS) is 18.4. The summed E-state index contributed by atoms with van der Waals surface area (Å²) in [4.78, 5) is 2.26. The molecule has 0 amide bonds. The largest absolute Gasteiger partial charge is 0.489 e. The van der Waals surface area contributed by atoms with E-state index in [2.05, 4.69) is 47.5 Å². The number of rotatable bonds is 10. The Hall–Kier alpha value is -3.25. The maximum Gasteiger partial charge on any atom is 0.132 e. The molecule has 3 aromatic carbocycles. The number of hydrogen-bond donors (Lipinski definition) is 1. The van der Waals surface area contributed by atoms with Crippen LogP contribution in [0.1, 0.15) is 60.4 Å². The van der Waals surface area contributed by atoms with Crippen LogP contribution in [0.4, 0.5) is 18.9 Å². The number of likely N-dealkylation sites (tertiary alicyclic amines) is 1. The average Bonchev–Trinajstić information content (AvgIpc) is 3.30. The van der Waals surface area contributed by atoms with E-state index in [0.717, 1.165) is 73.3 Å². The summed E-state index contributed by atoms with van der Waals surface area (Å²) in [7, 11) is 0. The van der Waals surface area contributed by atoms with Crippen LogP contribution in [-0.2, 0) is 6.42 Å². The van der Waals surface area contributed by atoms with Crippen LogP contribution in [0, 0.1) is 12.7 Å². The monoisotopic (exact) mass is 548 g/mol. The number of allylic oxidation sites excluding steroid dienone is 1. The first-order valence-corrected chi connectivity index (χ1v) is 14.5. The van der Waals surface area contributed by atoms with E-state index in [1.54, 1.807) is 0 Å². The molecule has 1 heterocycles. The van der Waals surface area contributed by atoms with Crippen LogP contribution in [0.15, 0.2) is 60.7 Å². The van der Waals surface area contributed by atoms with Gasteiger partial charge in [-0.05, 0) is 104 Å². The van der Waals surface area contributed by atoms with Crippen LogP contribution in [0.5, 0.6) is 5.75 Å². The van der Waals surface area contributed by atoms with Crippen molar-refractivity contribution in [1.29, 1.82) is 0 Å². The molecular weight excluding hydrogens is 509 g/mol. The highest BCUT2D eigenvalue weighted by atomic mass is 19.1. The number of nitrogens with one attached hydrogen (secondary N) is 1. The third-order valence-corrected chi connectivity index (χ3v) is 7.87. The number of alkyl halides is 2. The van der Waals surface area contributed by atoms with Crippen LogP contribution in [0.3, 0.4) is 0 Å². The highest BCUT2D eigenvalue weighted by Crippen LogP contribution is 2.41. The Morgan fingerprint density at radius 3 is 2.58 bits per heavy atom. The SMILES string of the molecule is Cc1ccc2c(c1)CCCC(c1ccc(NCC(C)F)cc1F)=C2c1ccc(OC2CCN(CCCF)C2)cc1. The Kier molecular flexibility index (Phi) is 9.15. The van der Waals surface area contributed by atoms with E-state index in [0.29, 0.717) is 17.7 Å². The summed E-state index contributed by atoms with van der Waals surface area (Å²) >= 11 is 0. The Bertz CT molecular complexity index is 1340. The second-order valence-corrected chi connectivity index (χ2v) is 11.1. The number of hydrogen-bond acceptors (Lipinski definition) is 3. The van der Waals surface area contributed by atoms with Gasteiger partial charge in [0.1, 0.15) is 23.8 Å². The van der Waals surface area contributed by atoms with E-state index in [1.165, 1.54) is 24.1 Å². The number of benzene rings is 3. The predicted molar refractivity (Wildman–Crippen MR) is 158 cm³/mol. The van der Waals surface area contributed by atoms with Gasteiger partial charge in [-0.3, -0.25) is 9.29 Å². The molecule has 1 aliphatic carbocycles. The summed E-state index contributed by atoms with van der Waals surface area (Å²) in [6, 6.07) is 19.8. The van der Waals surface area contributed by atoms with Crippen LogP contribution in [0.25, 0.3) is 11.1 Å². The maximum atomic E-state index is 15.6. The van der Waals surface area contributed by atoms with Crippen molar-refractivity contribution in [3.8, 4) is 5.75 Å². The second-order valence-electron chi connectivity index (χ2n) is 11.1. The molecular formula is C34H39F3N2O. The molecule has 2 aliphatic rings. The highest BCUT2D eigenvalue weighted by Gasteiger charge is 2.25. The summed E-state index contributed by atoms with van der Waals surface area (Å²) in [5.74, 6) is 0.503. The molecule has 2 unspecified atom stereocenters. The third kappa shape index (κ3) is 6.72. The van der Waals surface area contributed by atoms with Crippen molar-refractivity contribution in [2.24, 2.45) is 0 Å². The quantitative estimate of drug-likeness (QED) is 0.278. The molecule has 2 atom stereocenters. The van der Waals surface area contributed by atoms with Crippen molar-refractivity contribution in [2.75, 3.05) is 38.2 Å². The van der Waals surface area contributed by atoms with Gasteiger partial charge < -0.3 is 10.1 Å². The first-order valence-electron chi connectivity index (χ1n) is 14.5. The number of halogens is 3. The molecule has 40 heavy (non-hydrogen) atoms. The Labute approximate surface area is 236 Å². The zero-order chi connectivity index (χ0) is 28.1. The number of aryl methyl sites for hydroxylation is 2. The average molecular weight is 549 g/mol. The van der Waals surface area contributed by atoms with Crippen molar-refractivity contribution in [3.05, 3.63) is 94.3 Å². The zero-order valence-corrected chi connectivity index (χ0v) is 23.5. The Morgan fingerprint density at radius 2 is 1.82 bits per heavy atom. The maximum absolute atomic E-state index is 15.6. The van der Waals surface area contributed by atoms with Crippen molar-refractivity contribution >= 4 is 16.8 Å². The van der Waals surface area contributed by atoms with Crippen molar-refractivity contribution < 1.29 is 17.9 Å². The lowest BCUT2D eigenvalue weighted by atomic mass is 9.87. The van der Waals surface area contributed by atoms with Crippen LogP contribution < -0.4 is 10.1 Å². The number of anilines is 1. The lowest BCUT2D eigenvalue weighted by molar-refractivity contribution is 0.198. The highest BCUT2D eigenvalue weighted by molar-refractivity contribution is 6.00. The van der Waals surface area contributed by atoms with E-state index in [1.807, 2.05) is 24.3 Å². The Balaban J connectivity index is 1.47. The van der Waals surface area contributed by atoms with Gasteiger partial charge in [0.05, 0.1) is 6.67 Å². The zero-order valence-electron chi connectivity index (χ0n) is 23.5. The first kappa shape index (κ1) is 28.3.